The van der Waals surface area contributed by atoms with E-state index in [1.165, 1.54) is 23.5 Å². The fourth-order valence-corrected chi connectivity index (χ4v) is 4.29. The second-order valence-electron chi connectivity index (χ2n) is 5.55. The first-order chi connectivity index (χ1) is 12.1. The molecule has 0 spiro atoms. The zero-order chi connectivity index (χ0) is 17.6. The molecule has 0 aliphatic heterocycles. The number of pyridine rings is 1. The lowest BCUT2D eigenvalue weighted by atomic mass is 10.0. The third-order valence-corrected chi connectivity index (χ3v) is 5.30. The summed E-state index contributed by atoms with van der Waals surface area (Å²) in [5, 5.41) is 21.1. The van der Waals surface area contributed by atoms with E-state index >= 15 is 0 Å². The van der Waals surface area contributed by atoms with Crippen molar-refractivity contribution in [2.75, 3.05) is 0 Å². The van der Waals surface area contributed by atoms with Crippen molar-refractivity contribution in [3.8, 4) is 33.8 Å². The molecule has 2 aromatic carbocycles. The van der Waals surface area contributed by atoms with Gasteiger partial charge in [-0.3, -0.25) is 4.79 Å². The average Bonchev–Trinajstić information content (AvgIpc) is 2.92. The predicted octanol–water partition coefficient (Wildman–Crippen LogP) is 4.99. The molecule has 25 heavy (non-hydrogen) atoms. The van der Waals surface area contributed by atoms with Crippen molar-refractivity contribution < 1.29 is 10.2 Å². The topological polar surface area (TPSA) is 73.3 Å². The summed E-state index contributed by atoms with van der Waals surface area (Å²) >= 11 is 7.60. The number of benzene rings is 2. The van der Waals surface area contributed by atoms with Gasteiger partial charge in [0.1, 0.15) is 20.7 Å². The van der Waals surface area contributed by atoms with Crippen LogP contribution in [-0.2, 0) is 0 Å². The smallest absolute Gasteiger partial charge is 0.260 e. The average molecular weight is 370 g/mol. The zero-order valence-electron chi connectivity index (χ0n) is 12.8. The molecule has 0 atom stereocenters. The van der Waals surface area contributed by atoms with Crippen LogP contribution < -0.4 is 5.56 Å². The van der Waals surface area contributed by atoms with Crippen molar-refractivity contribution in [2.45, 2.75) is 0 Å². The van der Waals surface area contributed by atoms with Crippen LogP contribution in [0.1, 0.15) is 0 Å². The molecule has 0 saturated carbocycles. The SMILES string of the molecule is O=c1[nH]c2sc(Cl)c(-c3ccccc3)c2c(O)c1-c1cccc(O)c1. The number of rotatable bonds is 2. The Kier molecular flexibility index (Phi) is 3.75. The van der Waals surface area contributed by atoms with E-state index in [2.05, 4.69) is 4.98 Å². The molecule has 0 aliphatic rings. The fourth-order valence-electron chi connectivity index (χ4n) is 2.91. The van der Waals surface area contributed by atoms with Crippen LogP contribution in [0.5, 0.6) is 11.5 Å². The fraction of sp³-hybridized carbons (Fsp3) is 0. The number of fused-ring (bicyclic) bond motifs is 1. The van der Waals surface area contributed by atoms with E-state index in [1.54, 1.807) is 12.1 Å². The van der Waals surface area contributed by atoms with E-state index in [-0.39, 0.29) is 17.1 Å². The highest BCUT2D eigenvalue weighted by Gasteiger charge is 2.21. The molecule has 2 heterocycles. The minimum atomic E-state index is -0.437. The van der Waals surface area contributed by atoms with Crippen molar-refractivity contribution in [1.82, 2.24) is 4.98 Å². The summed E-state index contributed by atoms with van der Waals surface area (Å²) in [6.45, 7) is 0. The van der Waals surface area contributed by atoms with E-state index in [0.717, 1.165) is 5.56 Å². The van der Waals surface area contributed by atoms with Crippen LogP contribution in [0.4, 0.5) is 0 Å². The molecule has 4 rings (SSSR count). The van der Waals surface area contributed by atoms with Gasteiger partial charge in [-0.25, -0.2) is 0 Å². The third kappa shape index (κ3) is 2.58. The molecule has 0 saturated heterocycles. The summed E-state index contributed by atoms with van der Waals surface area (Å²) in [5.41, 5.74) is 1.63. The molecule has 3 N–H and O–H groups in total. The van der Waals surface area contributed by atoms with Gasteiger partial charge in [-0.1, -0.05) is 54.1 Å². The summed E-state index contributed by atoms with van der Waals surface area (Å²) < 4.78 is 0.486. The number of aromatic amines is 1. The Hall–Kier alpha value is -2.76. The van der Waals surface area contributed by atoms with Gasteiger partial charge in [0.2, 0.25) is 0 Å². The molecule has 4 nitrogen and oxygen atoms in total. The molecule has 0 unspecified atom stereocenters. The molecule has 2 aromatic heterocycles. The number of halogens is 1. The van der Waals surface area contributed by atoms with Crippen LogP contribution in [0.3, 0.4) is 0 Å². The maximum atomic E-state index is 12.5. The number of phenolic OH excluding ortho intramolecular Hbond substituents is 1. The second-order valence-corrected chi connectivity index (χ2v) is 7.17. The summed E-state index contributed by atoms with van der Waals surface area (Å²) in [7, 11) is 0. The van der Waals surface area contributed by atoms with Crippen molar-refractivity contribution in [1.29, 1.82) is 0 Å². The van der Waals surface area contributed by atoms with Crippen molar-refractivity contribution in [2.24, 2.45) is 0 Å². The summed E-state index contributed by atoms with van der Waals surface area (Å²) in [6, 6.07) is 15.7. The third-order valence-electron chi connectivity index (χ3n) is 3.99. The number of phenols is 1. The predicted molar refractivity (Wildman–Crippen MR) is 102 cm³/mol. The number of nitrogens with one attached hydrogen (secondary N) is 1. The van der Waals surface area contributed by atoms with Gasteiger partial charge in [-0.05, 0) is 23.3 Å². The first-order valence-corrected chi connectivity index (χ1v) is 8.68. The largest absolute Gasteiger partial charge is 0.508 e. The van der Waals surface area contributed by atoms with Gasteiger partial charge in [-0.15, -0.1) is 11.3 Å². The molecular weight excluding hydrogens is 358 g/mol. The van der Waals surface area contributed by atoms with Gasteiger partial charge in [0, 0.05) is 5.56 Å². The minimum Gasteiger partial charge on any atom is -0.508 e. The number of aromatic nitrogens is 1. The van der Waals surface area contributed by atoms with Crippen LogP contribution in [0, 0.1) is 0 Å². The van der Waals surface area contributed by atoms with Crippen LogP contribution in [-0.4, -0.2) is 15.2 Å². The summed E-state index contributed by atoms with van der Waals surface area (Å²) in [5.74, 6) is -0.130. The normalized spacial score (nSPS) is 11.1. The van der Waals surface area contributed by atoms with Gasteiger partial charge in [0.25, 0.3) is 5.56 Å². The Balaban J connectivity index is 2.09. The molecule has 0 bridgehead atoms. The molecule has 0 fully saturated rings. The zero-order valence-corrected chi connectivity index (χ0v) is 14.4. The number of aromatic hydroxyl groups is 2. The number of hydrogen-bond donors (Lipinski definition) is 3. The van der Waals surface area contributed by atoms with E-state index in [9.17, 15) is 15.0 Å². The van der Waals surface area contributed by atoms with E-state index < -0.39 is 5.56 Å². The summed E-state index contributed by atoms with van der Waals surface area (Å²) in [6.07, 6.45) is 0. The maximum Gasteiger partial charge on any atom is 0.260 e. The van der Waals surface area contributed by atoms with E-state index in [0.29, 0.717) is 25.7 Å². The van der Waals surface area contributed by atoms with Gasteiger partial charge in [0.15, 0.2) is 0 Å². The second kappa shape index (κ2) is 5.95. The molecule has 0 radical (unpaired) electrons. The Morgan fingerprint density at radius 1 is 0.920 bits per heavy atom. The molecule has 4 aromatic rings. The van der Waals surface area contributed by atoms with Crippen LogP contribution in [0.2, 0.25) is 4.34 Å². The molecule has 6 heteroatoms. The first-order valence-electron chi connectivity index (χ1n) is 7.48. The quantitative estimate of drug-likeness (QED) is 0.466. The highest BCUT2D eigenvalue weighted by Crippen LogP contribution is 2.46. The van der Waals surface area contributed by atoms with Gasteiger partial charge in [-0.2, -0.15) is 0 Å². The van der Waals surface area contributed by atoms with Crippen molar-refractivity contribution in [3.63, 3.8) is 0 Å². The minimum absolute atomic E-state index is 0.0167. The lowest BCUT2D eigenvalue weighted by Gasteiger charge is -2.08. The standard InChI is InChI=1S/C19H12ClNO3S/c20-17-13(10-5-2-1-3-6-10)15-16(23)14(18(24)21-19(15)25-17)11-7-4-8-12(22)9-11/h1-9,22H,(H2,21,23,24). The van der Waals surface area contributed by atoms with Crippen LogP contribution >= 0.6 is 22.9 Å². The Morgan fingerprint density at radius 3 is 2.36 bits per heavy atom. The maximum absolute atomic E-state index is 12.5. The number of H-pyrrole nitrogens is 1. The first kappa shape index (κ1) is 15.7. The van der Waals surface area contributed by atoms with Crippen LogP contribution in [0.15, 0.2) is 59.4 Å². The highest BCUT2D eigenvalue weighted by molar-refractivity contribution is 7.23. The van der Waals surface area contributed by atoms with Gasteiger partial charge >= 0.3 is 0 Å². The lowest BCUT2D eigenvalue weighted by molar-refractivity contribution is 0.475. The van der Waals surface area contributed by atoms with Crippen molar-refractivity contribution in [3.05, 3.63) is 69.3 Å². The van der Waals surface area contributed by atoms with Crippen LogP contribution in [0.25, 0.3) is 32.5 Å². The Bertz CT molecular complexity index is 1150. The van der Waals surface area contributed by atoms with E-state index in [1.807, 2.05) is 30.3 Å². The molecule has 0 aliphatic carbocycles. The van der Waals surface area contributed by atoms with Gasteiger partial charge < -0.3 is 15.2 Å². The Morgan fingerprint density at radius 2 is 1.64 bits per heavy atom. The highest BCUT2D eigenvalue weighted by atomic mass is 35.5. The monoisotopic (exact) mass is 369 g/mol. The lowest BCUT2D eigenvalue weighted by Crippen LogP contribution is -2.08. The molecule has 0 amide bonds. The van der Waals surface area contributed by atoms with Crippen molar-refractivity contribution >= 4 is 33.2 Å². The number of thiophene rings is 1. The molecular formula is C19H12ClNO3S. The number of hydrogen-bond acceptors (Lipinski definition) is 4. The van der Waals surface area contributed by atoms with E-state index in [4.69, 9.17) is 11.6 Å². The van der Waals surface area contributed by atoms with Gasteiger partial charge in [0.05, 0.1) is 10.9 Å². The Labute approximate surface area is 151 Å². The summed E-state index contributed by atoms with van der Waals surface area (Å²) in [4.78, 5) is 15.8. The molecule has 124 valence electrons.